The molecule has 0 bridgehead atoms. The van der Waals surface area contributed by atoms with E-state index in [2.05, 4.69) is 20.9 Å². The number of amides is 2. The summed E-state index contributed by atoms with van der Waals surface area (Å²) in [6, 6.07) is 21.6. The molecule has 0 spiro atoms. The van der Waals surface area contributed by atoms with Crippen molar-refractivity contribution in [1.29, 1.82) is 0 Å². The van der Waals surface area contributed by atoms with Crippen LogP contribution >= 0.6 is 11.6 Å². The number of hydrogen-bond donors (Lipinski definition) is 2. The fourth-order valence-corrected chi connectivity index (χ4v) is 3.09. The number of rotatable bonds is 5. The van der Waals surface area contributed by atoms with Crippen molar-refractivity contribution in [3.8, 4) is 16.9 Å². The summed E-state index contributed by atoms with van der Waals surface area (Å²) < 4.78 is 15.0. The van der Waals surface area contributed by atoms with E-state index >= 15 is 0 Å². The molecule has 4 aromatic rings. The largest absolute Gasteiger partial charge is 0.329 e. The van der Waals surface area contributed by atoms with Crippen molar-refractivity contribution in [3.63, 3.8) is 0 Å². The molecule has 2 amide bonds. The van der Waals surface area contributed by atoms with Crippen LogP contribution in [0.4, 0.5) is 10.1 Å². The van der Waals surface area contributed by atoms with Crippen LogP contribution in [0, 0.1) is 5.82 Å². The average molecular weight is 462 g/mol. The number of anilines is 1. The Balaban J connectivity index is 1.52. The molecule has 1 aromatic heterocycles. The molecule has 0 aliphatic carbocycles. The summed E-state index contributed by atoms with van der Waals surface area (Å²) in [5.74, 6) is -2.19. The summed E-state index contributed by atoms with van der Waals surface area (Å²) in [5.41, 5.74) is 5.18. The Hall–Kier alpha value is -4.30. The second-order valence-electron chi connectivity index (χ2n) is 6.88. The molecule has 2 N–H and O–H groups in total. The van der Waals surface area contributed by atoms with E-state index in [0.29, 0.717) is 27.5 Å². The molecule has 33 heavy (non-hydrogen) atoms. The highest BCUT2D eigenvalue weighted by atomic mass is 35.5. The first kappa shape index (κ1) is 21.9. The predicted octanol–water partition coefficient (Wildman–Crippen LogP) is 4.42. The van der Waals surface area contributed by atoms with Gasteiger partial charge in [0.15, 0.2) is 0 Å². The maximum atomic E-state index is 13.4. The Kier molecular flexibility index (Phi) is 6.56. The van der Waals surface area contributed by atoms with Gasteiger partial charge >= 0.3 is 11.8 Å². The molecule has 164 valence electrons. The molecule has 4 rings (SSSR count). The molecule has 0 unspecified atom stereocenters. The van der Waals surface area contributed by atoms with E-state index in [1.54, 1.807) is 47.3 Å². The summed E-state index contributed by atoms with van der Waals surface area (Å²) in [7, 11) is 0. The lowest BCUT2D eigenvalue weighted by Crippen LogP contribution is -2.32. The number of carbonyl (C=O) groups is 2. The number of halogens is 2. The molecular formula is C24H17ClFN5O2. The molecule has 0 aliphatic heterocycles. The van der Waals surface area contributed by atoms with Crippen molar-refractivity contribution in [1.82, 2.24) is 15.2 Å². The van der Waals surface area contributed by atoms with Crippen LogP contribution in [0.1, 0.15) is 5.56 Å². The molecule has 0 radical (unpaired) electrons. The van der Waals surface area contributed by atoms with Crippen molar-refractivity contribution < 1.29 is 14.0 Å². The number of benzene rings is 3. The van der Waals surface area contributed by atoms with Gasteiger partial charge in [-0.15, -0.1) is 0 Å². The summed E-state index contributed by atoms with van der Waals surface area (Å²) in [4.78, 5) is 24.2. The van der Waals surface area contributed by atoms with Crippen molar-refractivity contribution >= 4 is 35.3 Å². The van der Waals surface area contributed by atoms with E-state index in [1.807, 2.05) is 30.3 Å². The minimum atomic E-state index is -0.944. The van der Waals surface area contributed by atoms with Crippen molar-refractivity contribution in [3.05, 3.63) is 101 Å². The lowest BCUT2D eigenvalue weighted by atomic mass is 10.1. The topological polar surface area (TPSA) is 88.4 Å². The minimum Gasteiger partial charge on any atom is -0.318 e. The molecule has 0 fully saturated rings. The Morgan fingerprint density at radius 2 is 1.64 bits per heavy atom. The molecule has 9 heteroatoms. The highest BCUT2D eigenvalue weighted by Gasteiger charge is 2.14. The van der Waals surface area contributed by atoms with Crippen LogP contribution in [0.3, 0.4) is 0 Å². The first-order valence-electron chi connectivity index (χ1n) is 9.80. The van der Waals surface area contributed by atoms with Gasteiger partial charge in [-0.25, -0.2) is 14.5 Å². The van der Waals surface area contributed by atoms with E-state index in [-0.39, 0.29) is 5.82 Å². The number of hydrazone groups is 1. The van der Waals surface area contributed by atoms with E-state index in [4.69, 9.17) is 11.6 Å². The fourth-order valence-electron chi connectivity index (χ4n) is 2.96. The van der Waals surface area contributed by atoms with E-state index in [0.717, 1.165) is 5.69 Å². The zero-order valence-electron chi connectivity index (χ0n) is 17.1. The fraction of sp³-hybridized carbons (Fsp3) is 0. The van der Waals surface area contributed by atoms with Crippen LogP contribution < -0.4 is 10.7 Å². The van der Waals surface area contributed by atoms with Crippen LogP contribution in [0.2, 0.25) is 5.02 Å². The van der Waals surface area contributed by atoms with Gasteiger partial charge in [-0.3, -0.25) is 9.59 Å². The second kappa shape index (κ2) is 9.88. The van der Waals surface area contributed by atoms with Gasteiger partial charge in [0.1, 0.15) is 11.5 Å². The maximum Gasteiger partial charge on any atom is 0.329 e. The monoisotopic (exact) mass is 461 g/mol. The summed E-state index contributed by atoms with van der Waals surface area (Å²) in [6.07, 6.45) is 3.09. The molecule has 7 nitrogen and oxygen atoms in total. The number of aromatic nitrogens is 2. The molecule has 0 saturated carbocycles. The third-order valence-electron chi connectivity index (χ3n) is 4.56. The van der Waals surface area contributed by atoms with E-state index in [9.17, 15) is 14.0 Å². The van der Waals surface area contributed by atoms with Gasteiger partial charge in [0.2, 0.25) is 0 Å². The quantitative estimate of drug-likeness (QED) is 0.262. The number of nitrogens with zero attached hydrogens (tertiary/aromatic N) is 3. The van der Waals surface area contributed by atoms with Crippen molar-refractivity contribution in [2.75, 3.05) is 5.32 Å². The smallest absolute Gasteiger partial charge is 0.318 e. The van der Waals surface area contributed by atoms with E-state index < -0.39 is 11.8 Å². The Morgan fingerprint density at radius 1 is 0.939 bits per heavy atom. The first-order chi connectivity index (χ1) is 16.0. The normalized spacial score (nSPS) is 10.8. The zero-order chi connectivity index (χ0) is 23.2. The van der Waals surface area contributed by atoms with Gasteiger partial charge in [-0.05, 0) is 60.7 Å². The van der Waals surface area contributed by atoms with Gasteiger partial charge in [-0.1, -0.05) is 29.8 Å². The Bertz CT molecular complexity index is 1300. The van der Waals surface area contributed by atoms with Crippen LogP contribution in [0.25, 0.3) is 16.9 Å². The van der Waals surface area contributed by atoms with Crippen LogP contribution in [-0.2, 0) is 9.59 Å². The van der Waals surface area contributed by atoms with Crippen molar-refractivity contribution in [2.45, 2.75) is 0 Å². The SMILES string of the molecule is O=C(NN=Cc1cn(-c2ccccc2)nc1-c1ccc(F)cc1)C(=O)Nc1ccc(Cl)cc1. The lowest BCUT2D eigenvalue weighted by molar-refractivity contribution is -0.136. The molecule has 1 heterocycles. The predicted molar refractivity (Wildman–Crippen MR) is 125 cm³/mol. The van der Waals surface area contributed by atoms with E-state index in [1.165, 1.54) is 18.3 Å². The third-order valence-corrected chi connectivity index (χ3v) is 4.81. The minimum absolute atomic E-state index is 0.365. The third kappa shape index (κ3) is 5.50. The molecule has 0 saturated heterocycles. The van der Waals surface area contributed by atoms with Gasteiger partial charge < -0.3 is 5.32 Å². The summed E-state index contributed by atoms with van der Waals surface area (Å²) >= 11 is 5.81. The van der Waals surface area contributed by atoms with Gasteiger partial charge in [-0.2, -0.15) is 10.2 Å². The molecular weight excluding hydrogens is 445 g/mol. The number of para-hydroxylation sites is 1. The zero-order valence-corrected chi connectivity index (χ0v) is 17.8. The highest BCUT2D eigenvalue weighted by Crippen LogP contribution is 2.23. The van der Waals surface area contributed by atoms with Gasteiger partial charge in [0, 0.05) is 28.0 Å². The number of hydrogen-bond acceptors (Lipinski definition) is 4. The standard InChI is InChI=1S/C24H17ClFN5O2/c25-18-8-12-20(13-9-18)28-23(32)24(33)29-27-14-17-15-31(21-4-2-1-3-5-21)30-22(17)16-6-10-19(26)11-7-16/h1-15H,(H,28,32)(H,29,33). The van der Waals surface area contributed by atoms with Crippen LogP contribution in [0.5, 0.6) is 0 Å². The number of nitrogens with one attached hydrogen (secondary N) is 2. The van der Waals surface area contributed by atoms with Gasteiger partial charge in [0.25, 0.3) is 0 Å². The van der Waals surface area contributed by atoms with Crippen LogP contribution in [0.15, 0.2) is 90.2 Å². The molecule has 0 atom stereocenters. The van der Waals surface area contributed by atoms with Gasteiger partial charge in [0.05, 0.1) is 11.9 Å². The lowest BCUT2D eigenvalue weighted by Gasteiger charge is -2.03. The van der Waals surface area contributed by atoms with Crippen molar-refractivity contribution in [2.24, 2.45) is 5.10 Å². The second-order valence-corrected chi connectivity index (χ2v) is 7.32. The maximum absolute atomic E-state index is 13.4. The molecule has 0 aliphatic rings. The average Bonchev–Trinajstić information content (AvgIpc) is 3.25. The summed E-state index contributed by atoms with van der Waals surface area (Å²) in [5, 5.41) is 11.4. The molecule has 3 aromatic carbocycles. The van der Waals surface area contributed by atoms with Crippen LogP contribution in [-0.4, -0.2) is 27.8 Å². The number of carbonyl (C=O) groups excluding carboxylic acids is 2. The summed E-state index contributed by atoms with van der Waals surface area (Å²) in [6.45, 7) is 0. The Morgan fingerprint density at radius 3 is 2.33 bits per heavy atom. The highest BCUT2D eigenvalue weighted by molar-refractivity contribution is 6.39. The first-order valence-corrected chi connectivity index (χ1v) is 10.2. The Labute approximate surface area is 193 Å².